The molecule has 0 fully saturated rings. The lowest BCUT2D eigenvalue weighted by atomic mass is 9.96. The van der Waals surface area contributed by atoms with Crippen LogP contribution in [0, 0.1) is 17.8 Å². The minimum atomic E-state index is -1.24. The fourth-order valence-electron chi connectivity index (χ4n) is 5.42. The van der Waals surface area contributed by atoms with Crippen LogP contribution in [0.5, 0.6) is 0 Å². The first-order chi connectivity index (χ1) is 25.9. The average molecular weight is 779 g/mol. The van der Waals surface area contributed by atoms with E-state index in [4.69, 9.17) is 21.6 Å². The van der Waals surface area contributed by atoms with Gasteiger partial charge in [-0.15, -0.1) is 0 Å². The summed E-state index contributed by atoms with van der Waals surface area (Å²) in [5.74, 6) is -5.86. The molecular weight excluding hydrogens is 716 g/mol. The molecule has 19 nitrogen and oxygen atoms in total. The van der Waals surface area contributed by atoms with Crippen molar-refractivity contribution in [2.75, 3.05) is 19.6 Å². The zero-order chi connectivity index (χ0) is 41.7. The van der Waals surface area contributed by atoms with E-state index in [-0.39, 0.29) is 74.7 Å². The molecule has 0 aliphatic rings. The molecule has 6 amide bonds. The predicted octanol–water partition coefficient (Wildman–Crippen LogP) is -0.551. The van der Waals surface area contributed by atoms with Gasteiger partial charge in [0, 0.05) is 6.54 Å². The van der Waals surface area contributed by atoms with Crippen LogP contribution in [0.25, 0.3) is 0 Å². The maximum atomic E-state index is 13.6. The smallest absolute Gasteiger partial charge is 0.326 e. The first-order valence-electron chi connectivity index (χ1n) is 18.7. The molecule has 0 saturated heterocycles. The third-order valence-electron chi connectivity index (χ3n) is 8.54. The lowest BCUT2D eigenvalue weighted by Gasteiger charge is -2.27. The highest BCUT2D eigenvalue weighted by Gasteiger charge is 2.32. The standard InChI is InChI=1S/C36H62N10O9/c1-7-22(6)29(46-32(50)26(18-21(4)5)45-33(51)27-13-10-16-55-27)34(52)41-19-28(47)42-23(12-9-15-40-36(38)39)30(48)44-25(17-20(2)3)31(49)43-24(35(53)54)11-8-14-37/h10,13,16,20-26,29H,7-9,11-12,14-15,17-19,37H2,1-6H3,(H,41,52)(H,42,47)(H,43,49)(H,44,48)(H,45,51)(H,46,50)(H,53,54)(H4,38,39,40)/t22-,23-,24-,25-,26-,29-/m0/s1. The van der Waals surface area contributed by atoms with Crippen molar-refractivity contribution in [2.45, 2.75) is 117 Å². The number of furan rings is 1. The van der Waals surface area contributed by atoms with Crippen LogP contribution in [-0.2, 0) is 28.8 Å². The van der Waals surface area contributed by atoms with Crippen molar-refractivity contribution in [3.05, 3.63) is 24.2 Å². The maximum Gasteiger partial charge on any atom is 0.326 e. The van der Waals surface area contributed by atoms with Crippen LogP contribution < -0.4 is 49.1 Å². The molecule has 13 N–H and O–H groups in total. The number of nitrogens with two attached hydrogens (primary N) is 3. The van der Waals surface area contributed by atoms with Gasteiger partial charge in [0.05, 0.1) is 12.8 Å². The molecule has 0 unspecified atom stereocenters. The summed E-state index contributed by atoms with van der Waals surface area (Å²) in [6.45, 7) is 10.8. The number of amides is 6. The predicted molar refractivity (Wildman–Crippen MR) is 205 cm³/mol. The van der Waals surface area contributed by atoms with Crippen molar-refractivity contribution in [3.8, 4) is 0 Å². The van der Waals surface area contributed by atoms with Gasteiger partial charge in [-0.1, -0.05) is 48.0 Å². The number of rotatable bonds is 26. The summed E-state index contributed by atoms with van der Waals surface area (Å²) in [6, 6.07) is -2.61. The van der Waals surface area contributed by atoms with E-state index >= 15 is 0 Å². The number of aliphatic carboxylic acids is 1. The lowest BCUT2D eigenvalue weighted by Crippen LogP contribution is -2.58. The van der Waals surface area contributed by atoms with E-state index in [2.05, 4.69) is 36.9 Å². The molecule has 0 aliphatic heterocycles. The van der Waals surface area contributed by atoms with E-state index < -0.39 is 78.2 Å². The van der Waals surface area contributed by atoms with Crippen LogP contribution in [0.3, 0.4) is 0 Å². The van der Waals surface area contributed by atoms with E-state index in [1.54, 1.807) is 13.0 Å². The number of aliphatic imine (C=N–C) groups is 1. The zero-order valence-electron chi connectivity index (χ0n) is 32.8. The van der Waals surface area contributed by atoms with Gasteiger partial charge in [0.1, 0.15) is 30.2 Å². The van der Waals surface area contributed by atoms with E-state index in [1.165, 1.54) is 12.3 Å². The number of guanidine groups is 1. The number of carboxylic acid groups (broad SMARTS) is 1. The molecule has 1 rings (SSSR count). The van der Waals surface area contributed by atoms with Gasteiger partial charge in [-0.3, -0.25) is 33.8 Å². The SMILES string of the molecule is CC[C@H](C)[C@H](NC(=O)[C@H](CC(C)C)NC(=O)c1ccco1)C(=O)NCC(=O)N[C@@H](CCCN=C(N)N)C(=O)N[C@@H](CC(C)C)C(=O)N[C@@H](CCCN)C(=O)O. The Hall–Kier alpha value is -5.20. The normalized spacial score (nSPS) is 14.3. The second-order valence-corrected chi connectivity index (χ2v) is 14.3. The summed E-state index contributed by atoms with van der Waals surface area (Å²) < 4.78 is 5.14. The Labute approximate surface area is 322 Å². The van der Waals surface area contributed by atoms with Gasteiger partial charge >= 0.3 is 5.97 Å². The van der Waals surface area contributed by atoms with Gasteiger partial charge < -0.3 is 58.6 Å². The Morgan fingerprint density at radius 3 is 1.85 bits per heavy atom. The molecule has 0 aliphatic carbocycles. The van der Waals surface area contributed by atoms with E-state index in [0.717, 1.165) is 0 Å². The minimum absolute atomic E-state index is 0.00913. The van der Waals surface area contributed by atoms with Crippen LogP contribution in [-0.4, -0.2) is 102 Å². The summed E-state index contributed by atoms with van der Waals surface area (Å²) in [5.41, 5.74) is 16.3. The molecule has 0 spiro atoms. The molecule has 1 aromatic rings. The highest BCUT2D eigenvalue weighted by atomic mass is 16.4. The Kier molecular flexibility index (Phi) is 21.7. The fraction of sp³-hybridized carbons (Fsp3) is 0.667. The summed E-state index contributed by atoms with van der Waals surface area (Å²) in [7, 11) is 0. The Balaban J connectivity index is 3.12. The van der Waals surface area contributed by atoms with Gasteiger partial charge in [-0.05, 0) is 75.0 Å². The number of nitrogens with one attached hydrogen (secondary N) is 6. The van der Waals surface area contributed by atoms with Crippen LogP contribution in [0.4, 0.5) is 0 Å². The summed E-state index contributed by atoms with van der Waals surface area (Å²) in [6.07, 6.45) is 3.00. The van der Waals surface area contributed by atoms with Crippen molar-refractivity contribution in [1.82, 2.24) is 31.9 Å². The number of hydrogen-bond donors (Lipinski definition) is 10. The van der Waals surface area contributed by atoms with Crippen LogP contribution in [0.2, 0.25) is 0 Å². The largest absolute Gasteiger partial charge is 0.480 e. The second kappa shape index (κ2) is 25.0. The second-order valence-electron chi connectivity index (χ2n) is 14.3. The molecule has 0 aromatic carbocycles. The monoisotopic (exact) mass is 778 g/mol. The van der Waals surface area contributed by atoms with Crippen molar-refractivity contribution >= 4 is 47.4 Å². The summed E-state index contributed by atoms with van der Waals surface area (Å²) >= 11 is 0. The highest BCUT2D eigenvalue weighted by molar-refractivity contribution is 5.97. The third-order valence-corrected chi connectivity index (χ3v) is 8.54. The van der Waals surface area contributed by atoms with Gasteiger partial charge in [0.25, 0.3) is 5.91 Å². The lowest BCUT2D eigenvalue weighted by molar-refractivity contribution is -0.142. The van der Waals surface area contributed by atoms with Crippen LogP contribution in [0.1, 0.15) is 97.0 Å². The van der Waals surface area contributed by atoms with E-state index in [9.17, 15) is 38.7 Å². The molecule has 6 atom stereocenters. The Morgan fingerprint density at radius 1 is 0.764 bits per heavy atom. The summed E-state index contributed by atoms with van der Waals surface area (Å²) in [5, 5.41) is 25.2. The topological polar surface area (TPSA) is 315 Å². The van der Waals surface area contributed by atoms with Crippen molar-refractivity contribution in [3.63, 3.8) is 0 Å². The minimum Gasteiger partial charge on any atom is -0.480 e. The fourth-order valence-corrected chi connectivity index (χ4v) is 5.42. The molecule has 310 valence electrons. The van der Waals surface area contributed by atoms with Gasteiger partial charge in [0.15, 0.2) is 11.7 Å². The van der Waals surface area contributed by atoms with E-state index in [1.807, 2.05) is 34.6 Å². The quantitative estimate of drug-likeness (QED) is 0.0322. The number of nitrogens with zero attached hydrogens (tertiary/aromatic N) is 1. The van der Waals surface area contributed by atoms with Crippen molar-refractivity contribution in [2.24, 2.45) is 39.9 Å². The molecule has 0 bridgehead atoms. The third kappa shape index (κ3) is 18.6. The zero-order valence-corrected chi connectivity index (χ0v) is 32.8. The van der Waals surface area contributed by atoms with Crippen LogP contribution in [0.15, 0.2) is 27.8 Å². The van der Waals surface area contributed by atoms with Gasteiger partial charge in [-0.25, -0.2) is 4.79 Å². The molecule has 1 aromatic heterocycles. The van der Waals surface area contributed by atoms with E-state index in [0.29, 0.717) is 12.8 Å². The maximum absolute atomic E-state index is 13.6. The number of carbonyl (C=O) groups excluding carboxylic acids is 6. The number of carboxylic acids is 1. The summed E-state index contributed by atoms with van der Waals surface area (Å²) in [4.78, 5) is 95.2. The first-order valence-corrected chi connectivity index (χ1v) is 18.7. The van der Waals surface area contributed by atoms with Crippen molar-refractivity contribution in [1.29, 1.82) is 0 Å². The number of carbonyl (C=O) groups is 7. The number of hydrogen-bond acceptors (Lipinski definition) is 10. The van der Waals surface area contributed by atoms with Crippen molar-refractivity contribution < 1.29 is 43.1 Å². The van der Waals surface area contributed by atoms with Gasteiger partial charge in [-0.2, -0.15) is 0 Å². The van der Waals surface area contributed by atoms with Gasteiger partial charge in [0.2, 0.25) is 29.5 Å². The highest BCUT2D eigenvalue weighted by Crippen LogP contribution is 2.13. The molecule has 0 radical (unpaired) electrons. The Bertz CT molecular complexity index is 1430. The Morgan fingerprint density at radius 2 is 1.33 bits per heavy atom. The molecular formula is C36H62N10O9. The average Bonchev–Trinajstić information content (AvgIpc) is 3.66. The molecule has 55 heavy (non-hydrogen) atoms. The molecule has 1 heterocycles. The molecule has 0 saturated carbocycles. The van der Waals surface area contributed by atoms with Crippen LogP contribution >= 0.6 is 0 Å². The first kappa shape index (κ1) is 47.8. The molecule has 19 heteroatoms.